The van der Waals surface area contributed by atoms with Crippen molar-refractivity contribution in [3.05, 3.63) is 47.0 Å². The molecule has 144 valence electrons. The van der Waals surface area contributed by atoms with E-state index in [-0.39, 0.29) is 11.5 Å². The van der Waals surface area contributed by atoms with Gasteiger partial charge in [-0.3, -0.25) is 4.79 Å². The quantitative estimate of drug-likeness (QED) is 0.543. The number of nitrogens with two attached hydrogens (primary N) is 1. The normalized spacial score (nSPS) is 25.3. The van der Waals surface area contributed by atoms with Crippen molar-refractivity contribution in [1.29, 1.82) is 0 Å². The minimum absolute atomic E-state index is 0.214. The van der Waals surface area contributed by atoms with E-state index in [0.717, 1.165) is 15.4 Å². The third-order valence-corrected chi connectivity index (χ3v) is 5.73. The van der Waals surface area contributed by atoms with E-state index in [2.05, 4.69) is 10.6 Å². The monoisotopic (exact) mass is 390 g/mol. The lowest BCUT2D eigenvalue weighted by molar-refractivity contribution is -0.166. The molecule has 3 rings (SSSR count). The molecule has 0 aromatic heterocycles. The summed E-state index contributed by atoms with van der Waals surface area (Å²) in [5.74, 6) is -2.34. The first kappa shape index (κ1) is 19.2. The number of carbonyl (C=O) groups excluding carboxylic acids is 2. The van der Waals surface area contributed by atoms with Gasteiger partial charge in [0.2, 0.25) is 5.91 Å². The Hall–Kier alpha value is -2.52. The van der Waals surface area contributed by atoms with E-state index in [1.165, 1.54) is 11.8 Å². The Morgan fingerprint density at radius 3 is 2.67 bits per heavy atom. The zero-order valence-corrected chi connectivity index (χ0v) is 15.6. The van der Waals surface area contributed by atoms with Gasteiger partial charge in [0.25, 0.3) is 0 Å². The summed E-state index contributed by atoms with van der Waals surface area (Å²) >= 11 is 1.44. The first-order valence-electron chi connectivity index (χ1n) is 8.67. The number of urea groups is 1. The van der Waals surface area contributed by atoms with Crippen molar-refractivity contribution in [3.8, 4) is 0 Å². The standard InChI is InChI=1S/C18H22N4O4S/c1-10(11-5-3-2-4-6-11)21-18(26)22-14(16(24)25)13(15(22)23)8-7-12-9-20-17(19)27-12/h2-6,9-10,13-14,17,20H,7-8,19H2,1H3,(H,21,26)(H,24,25). The highest BCUT2D eigenvalue weighted by atomic mass is 32.2. The van der Waals surface area contributed by atoms with Crippen LogP contribution in [0.5, 0.6) is 0 Å². The molecule has 2 heterocycles. The highest BCUT2D eigenvalue weighted by Gasteiger charge is 2.54. The molecular formula is C18H22N4O4S. The minimum Gasteiger partial charge on any atom is -0.480 e. The van der Waals surface area contributed by atoms with Crippen molar-refractivity contribution in [3.63, 3.8) is 0 Å². The van der Waals surface area contributed by atoms with Crippen molar-refractivity contribution >= 4 is 29.7 Å². The summed E-state index contributed by atoms with van der Waals surface area (Å²) in [7, 11) is 0. The summed E-state index contributed by atoms with van der Waals surface area (Å²) in [6.07, 6.45) is 2.68. The maximum absolute atomic E-state index is 12.5. The third kappa shape index (κ3) is 4.09. The van der Waals surface area contributed by atoms with Gasteiger partial charge in [0, 0.05) is 11.1 Å². The number of aliphatic carboxylic acids is 1. The van der Waals surface area contributed by atoms with Crippen LogP contribution in [0.2, 0.25) is 0 Å². The van der Waals surface area contributed by atoms with Crippen LogP contribution in [0.15, 0.2) is 41.4 Å². The molecule has 5 N–H and O–H groups in total. The molecule has 1 saturated heterocycles. The number of imide groups is 1. The molecule has 9 heteroatoms. The van der Waals surface area contributed by atoms with Gasteiger partial charge in [-0.15, -0.1) is 0 Å². The summed E-state index contributed by atoms with van der Waals surface area (Å²) in [5.41, 5.74) is 6.37. The molecule has 1 fully saturated rings. The summed E-state index contributed by atoms with van der Waals surface area (Å²) in [4.78, 5) is 38.3. The Morgan fingerprint density at radius 1 is 1.37 bits per heavy atom. The van der Waals surface area contributed by atoms with Crippen LogP contribution < -0.4 is 16.4 Å². The lowest BCUT2D eigenvalue weighted by Crippen LogP contribution is -2.68. The molecule has 0 saturated carbocycles. The molecule has 0 radical (unpaired) electrons. The van der Waals surface area contributed by atoms with Gasteiger partial charge in [0.1, 0.15) is 5.50 Å². The van der Waals surface area contributed by atoms with Gasteiger partial charge < -0.3 is 21.5 Å². The molecular weight excluding hydrogens is 368 g/mol. The molecule has 1 aromatic rings. The van der Waals surface area contributed by atoms with Crippen LogP contribution >= 0.6 is 11.8 Å². The van der Waals surface area contributed by atoms with Crippen LogP contribution in [0.3, 0.4) is 0 Å². The zero-order chi connectivity index (χ0) is 19.6. The Labute approximate surface area is 161 Å². The van der Waals surface area contributed by atoms with Crippen molar-refractivity contribution < 1.29 is 19.5 Å². The topological polar surface area (TPSA) is 125 Å². The number of carboxylic acids is 1. The summed E-state index contributed by atoms with van der Waals surface area (Å²) in [6.45, 7) is 1.78. The number of allylic oxidation sites excluding steroid dienone is 1. The second kappa shape index (κ2) is 8.01. The van der Waals surface area contributed by atoms with Gasteiger partial charge in [-0.05, 0) is 25.3 Å². The number of hydrogen-bond acceptors (Lipinski definition) is 6. The zero-order valence-electron chi connectivity index (χ0n) is 14.8. The van der Waals surface area contributed by atoms with Gasteiger partial charge in [-0.25, -0.2) is 14.5 Å². The van der Waals surface area contributed by atoms with Crippen molar-refractivity contribution in [1.82, 2.24) is 15.5 Å². The average molecular weight is 390 g/mol. The molecule has 3 amide bonds. The second-order valence-electron chi connectivity index (χ2n) is 6.53. The fraction of sp³-hybridized carbons (Fsp3) is 0.389. The minimum atomic E-state index is -1.18. The van der Waals surface area contributed by atoms with Crippen LogP contribution in [0.25, 0.3) is 0 Å². The Morgan fingerprint density at radius 2 is 2.07 bits per heavy atom. The number of likely N-dealkylation sites (tertiary alicyclic amines) is 1. The molecule has 8 nitrogen and oxygen atoms in total. The number of carboxylic acid groups (broad SMARTS) is 1. The predicted molar refractivity (Wildman–Crippen MR) is 101 cm³/mol. The van der Waals surface area contributed by atoms with E-state index in [4.69, 9.17) is 5.73 Å². The highest BCUT2D eigenvalue weighted by molar-refractivity contribution is 8.03. The van der Waals surface area contributed by atoms with Gasteiger partial charge in [0.15, 0.2) is 6.04 Å². The Kier molecular flexibility index (Phi) is 5.71. The number of amides is 3. The van der Waals surface area contributed by atoms with Crippen LogP contribution in [-0.2, 0) is 9.59 Å². The fourth-order valence-electron chi connectivity index (χ4n) is 3.25. The van der Waals surface area contributed by atoms with E-state index in [9.17, 15) is 19.5 Å². The lowest BCUT2D eigenvalue weighted by Gasteiger charge is -2.43. The highest BCUT2D eigenvalue weighted by Crippen LogP contribution is 2.35. The van der Waals surface area contributed by atoms with E-state index in [0.29, 0.717) is 12.8 Å². The molecule has 1 aromatic carbocycles. The van der Waals surface area contributed by atoms with E-state index in [1.54, 1.807) is 13.1 Å². The summed E-state index contributed by atoms with van der Waals surface area (Å²) < 4.78 is 0. The average Bonchev–Trinajstić information content (AvgIpc) is 3.05. The third-order valence-electron chi connectivity index (χ3n) is 4.71. The van der Waals surface area contributed by atoms with Crippen molar-refractivity contribution in [2.24, 2.45) is 11.7 Å². The maximum Gasteiger partial charge on any atom is 0.327 e. The number of nitrogens with zero attached hydrogens (tertiary/aromatic N) is 1. The van der Waals surface area contributed by atoms with Crippen LogP contribution in [0.1, 0.15) is 31.4 Å². The molecule has 2 aliphatic heterocycles. The summed E-state index contributed by atoms with van der Waals surface area (Å²) in [5, 5.41) is 15.1. The maximum atomic E-state index is 12.5. The number of carbonyl (C=O) groups is 3. The molecule has 2 aliphatic rings. The largest absolute Gasteiger partial charge is 0.480 e. The second-order valence-corrected chi connectivity index (χ2v) is 7.80. The molecule has 0 aliphatic carbocycles. The first-order chi connectivity index (χ1) is 12.9. The molecule has 4 atom stereocenters. The van der Waals surface area contributed by atoms with Gasteiger partial charge >= 0.3 is 12.0 Å². The molecule has 4 unspecified atom stereocenters. The molecule has 27 heavy (non-hydrogen) atoms. The van der Waals surface area contributed by atoms with Crippen LogP contribution in [0.4, 0.5) is 4.79 Å². The van der Waals surface area contributed by atoms with Gasteiger partial charge in [0.05, 0.1) is 12.0 Å². The smallest absolute Gasteiger partial charge is 0.327 e. The van der Waals surface area contributed by atoms with Crippen molar-refractivity contribution in [2.75, 3.05) is 0 Å². The van der Waals surface area contributed by atoms with Crippen molar-refractivity contribution in [2.45, 2.75) is 37.3 Å². The Bertz CT molecular complexity index is 770. The first-order valence-corrected chi connectivity index (χ1v) is 9.55. The molecule has 0 spiro atoms. The summed E-state index contributed by atoms with van der Waals surface area (Å²) in [6, 6.07) is 7.10. The van der Waals surface area contributed by atoms with Crippen LogP contribution in [-0.4, -0.2) is 39.5 Å². The number of thioether (sulfide) groups is 1. The number of rotatable bonds is 6. The number of β-lactam (4-membered cyclic amide) rings is 1. The SMILES string of the molecule is CC(NC(=O)N1C(=O)C(CCC2=CNC(N)S2)C1C(=O)O)c1ccccc1. The van der Waals surface area contributed by atoms with Gasteiger partial charge in [-0.1, -0.05) is 42.1 Å². The van der Waals surface area contributed by atoms with E-state index >= 15 is 0 Å². The number of nitrogens with one attached hydrogen (secondary N) is 2. The Balaban J connectivity index is 1.61. The van der Waals surface area contributed by atoms with E-state index < -0.39 is 29.9 Å². The fourth-order valence-corrected chi connectivity index (χ4v) is 4.09. The lowest BCUT2D eigenvalue weighted by atomic mass is 9.84. The molecule has 0 bridgehead atoms. The van der Waals surface area contributed by atoms with Crippen LogP contribution in [0, 0.1) is 5.92 Å². The predicted octanol–water partition coefficient (Wildman–Crippen LogP) is 1.57. The van der Waals surface area contributed by atoms with Gasteiger partial charge in [-0.2, -0.15) is 0 Å². The number of hydrogen-bond donors (Lipinski definition) is 4. The van der Waals surface area contributed by atoms with E-state index in [1.807, 2.05) is 30.3 Å². The number of benzene rings is 1.